The number of pyridine rings is 1. The summed E-state index contributed by atoms with van der Waals surface area (Å²) in [5.41, 5.74) is -0.0832. The summed E-state index contributed by atoms with van der Waals surface area (Å²) in [6.45, 7) is 0. The van der Waals surface area contributed by atoms with Crippen LogP contribution >= 0.6 is 0 Å². The van der Waals surface area contributed by atoms with Gasteiger partial charge in [-0.3, -0.25) is 10.2 Å². The number of nitrogens with zero attached hydrogens (tertiary/aromatic N) is 3. The molecule has 0 saturated carbocycles. The van der Waals surface area contributed by atoms with Crippen LogP contribution in [0, 0.1) is 28.1 Å². The first-order valence-electron chi connectivity index (χ1n) is 6.64. The van der Waals surface area contributed by atoms with Crippen LogP contribution in [-0.4, -0.2) is 11.7 Å². The molecule has 1 aromatic heterocycles. The molecule has 1 aromatic carbocycles. The molecule has 0 aliphatic carbocycles. The number of allylic oxidation sites excluding steroid dienone is 3. The first-order chi connectivity index (χ1) is 11.2. The van der Waals surface area contributed by atoms with Crippen molar-refractivity contribution in [3.05, 3.63) is 77.6 Å². The molecule has 0 bridgehead atoms. The zero-order valence-corrected chi connectivity index (χ0v) is 12.0. The first-order valence-corrected chi connectivity index (χ1v) is 6.64. The van der Waals surface area contributed by atoms with E-state index >= 15 is 0 Å². The monoisotopic (exact) mass is 299 g/mol. The number of nitrogens with one attached hydrogen (secondary N) is 1. The van der Waals surface area contributed by atoms with Crippen molar-refractivity contribution >= 4 is 17.4 Å². The average Bonchev–Trinajstić information content (AvgIpc) is 2.63. The highest BCUT2D eigenvalue weighted by Crippen LogP contribution is 2.17. The summed E-state index contributed by atoms with van der Waals surface area (Å²) < 4.78 is 1.46. The highest BCUT2D eigenvalue weighted by Gasteiger charge is 2.29. The van der Waals surface area contributed by atoms with Crippen LogP contribution in [0.15, 0.2) is 72.1 Å². The fraction of sp³-hybridized carbons (Fsp3) is 0. The van der Waals surface area contributed by atoms with Crippen LogP contribution < -0.4 is 4.57 Å². The summed E-state index contributed by atoms with van der Waals surface area (Å²) in [4.78, 5) is 12.8. The van der Waals surface area contributed by atoms with Crippen LogP contribution in [0.1, 0.15) is 10.4 Å². The molecule has 0 aliphatic rings. The van der Waals surface area contributed by atoms with Gasteiger partial charge in [0.2, 0.25) is 0 Å². The molecule has 0 amide bonds. The molecule has 5 nitrogen and oxygen atoms in total. The fourth-order valence-corrected chi connectivity index (χ4v) is 2.01. The van der Waals surface area contributed by atoms with Gasteiger partial charge in [0.25, 0.3) is 11.5 Å². The maximum absolute atomic E-state index is 12.8. The van der Waals surface area contributed by atoms with Crippen molar-refractivity contribution in [3.8, 4) is 12.1 Å². The lowest BCUT2D eigenvalue weighted by molar-refractivity contribution is -0.577. The Morgan fingerprint density at radius 3 is 2.09 bits per heavy atom. The normalized spacial score (nSPS) is 10.5. The Bertz CT molecular complexity index is 894. The Kier molecular flexibility index (Phi) is 4.94. The lowest BCUT2D eigenvalue weighted by Crippen LogP contribution is -2.37. The maximum Gasteiger partial charge on any atom is 0.278 e. The second-order valence-electron chi connectivity index (χ2n) is 4.43. The molecule has 2 aromatic rings. The van der Waals surface area contributed by atoms with Gasteiger partial charge in [-0.2, -0.15) is 15.1 Å². The minimum Gasteiger partial charge on any atom is -0.282 e. The number of carbonyl (C=O) groups is 1. The van der Waals surface area contributed by atoms with E-state index in [9.17, 15) is 10.1 Å². The van der Waals surface area contributed by atoms with E-state index < -0.39 is 5.78 Å². The Hall–Kier alpha value is -3.79. The largest absolute Gasteiger partial charge is 0.282 e. The number of rotatable bonds is 4. The minimum atomic E-state index is -0.415. The number of nitriles is 2. The molecule has 23 heavy (non-hydrogen) atoms. The summed E-state index contributed by atoms with van der Waals surface area (Å²) in [7, 11) is 0. The third kappa shape index (κ3) is 3.28. The van der Waals surface area contributed by atoms with Gasteiger partial charge in [-0.15, -0.1) is 0 Å². The van der Waals surface area contributed by atoms with Crippen molar-refractivity contribution in [1.29, 1.82) is 15.9 Å². The second kappa shape index (κ2) is 7.28. The van der Waals surface area contributed by atoms with Gasteiger partial charge in [0, 0.05) is 17.7 Å². The third-order valence-corrected chi connectivity index (χ3v) is 3.06. The molecular formula is C18H11N4O+. The Balaban J connectivity index is 2.77. The Morgan fingerprint density at radius 2 is 1.57 bits per heavy atom. The molecule has 108 valence electrons. The molecule has 0 atom stereocenters. The number of Topliss-reactive ketones (excluding diaryl/α,β-unsaturated/α-hetero) is 1. The topological polar surface area (TPSA) is 92.4 Å². The first kappa shape index (κ1) is 15.6. The lowest BCUT2D eigenvalue weighted by Gasteiger charge is -2.03. The fourth-order valence-electron chi connectivity index (χ4n) is 2.01. The van der Waals surface area contributed by atoms with Gasteiger partial charge in [-0.1, -0.05) is 36.4 Å². The van der Waals surface area contributed by atoms with Crippen LogP contribution in [0.5, 0.6) is 0 Å². The van der Waals surface area contributed by atoms with Crippen molar-refractivity contribution in [1.82, 2.24) is 0 Å². The van der Waals surface area contributed by atoms with Crippen LogP contribution in [0.3, 0.4) is 0 Å². The summed E-state index contributed by atoms with van der Waals surface area (Å²) in [6, 6.07) is 17.2. The molecule has 1 heterocycles. The molecule has 0 unspecified atom stereocenters. The van der Waals surface area contributed by atoms with Crippen molar-refractivity contribution < 1.29 is 9.36 Å². The second-order valence-corrected chi connectivity index (χ2v) is 4.43. The zero-order valence-electron chi connectivity index (χ0n) is 12.0. The van der Waals surface area contributed by atoms with Crippen molar-refractivity contribution in [2.75, 3.05) is 0 Å². The molecule has 0 fully saturated rings. The average molecular weight is 299 g/mol. The maximum atomic E-state index is 12.8. The van der Waals surface area contributed by atoms with E-state index in [1.165, 1.54) is 4.57 Å². The predicted octanol–water partition coefficient (Wildman–Crippen LogP) is 2.29. The van der Waals surface area contributed by atoms with E-state index in [4.69, 9.17) is 10.7 Å². The SMILES string of the molecule is N#CC(=C=N)C(C#N)=C(C(=O)c1ccccc1)[n+]1ccccc1. The van der Waals surface area contributed by atoms with Gasteiger partial charge >= 0.3 is 0 Å². The number of carbonyl (C=O) groups excluding carboxylic acids is 1. The quantitative estimate of drug-likeness (QED) is 0.234. The number of aromatic nitrogens is 1. The van der Waals surface area contributed by atoms with E-state index in [2.05, 4.69) is 0 Å². The number of benzene rings is 1. The van der Waals surface area contributed by atoms with Crippen LogP contribution in [0.4, 0.5) is 0 Å². The van der Waals surface area contributed by atoms with Crippen LogP contribution in [0.2, 0.25) is 0 Å². The Morgan fingerprint density at radius 1 is 0.957 bits per heavy atom. The standard InChI is InChI=1S/C18H11N4O/c19-11-15(12-20)16(13-21)17(22-9-5-2-6-10-22)18(23)14-7-3-1-4-8-14/h1-10,19H/q+1. The van der Waals surface area contributed by atoms with E-state index in [1.54, 1.807) is 67.0 Å². The van der Waals surface area contributed by atoms with Gasteiger partial charge in [-0.05, 0) is 5.87 Å². The zero-order chi connectivity index (χ0) is 16.7. The molecule has 0 aliphatic heterocycles. The van der Waals surface area contributed by atoms with Crippen molar-refractivity contribution in [3.63, 3.8) is 0 Å². The highest BCUT2D eigenvalue weighted by atomic mass is 16.1. The summed E-state index contributed by atoms with van der Waals surface area (Å²) >= 11 is 0. The Labute approximate surface area is 133 Å². The number of ketones is 1. The molecular weight excluding hydrogens is 288 g/mol. The summed E-state index contributed by atoms with van der Waals surface area (Å²) in [6.07, 6.45) is 3.21. The summed E-state index contributed by atoms with van der Waals surface area (Å²) in [5, 5.41) is 25.7. The van der Waals surface area contributed by atoms with E-state index in [0.29, 0.717) is 5.56 Å². The van der Waals surface area contributed by atoms with Gasteiger partial charge < -0.3 is 0 Å². The molecule has 1 N–H and O–H groups in total. The number of hydrogen-bond donors (Lipinski definition) is 1. The predicted molar refractivity (Wildman–Crippen MR) is 83.1 cm³/mol. The molecule has 0 saturated heterocycles. The van der Waals surface area contributed by atoms with E-state index in [0.717, 1.165) is 0 Å². The molecule has 5 heteroatoms. The van der Waals surface area contributed by atoms with Crippen molar-refractivity contribution in [2.45, 2.75) is 0 Å². The van der Waals surface area contributed by atoms with Gasteiger partial charge in [0.05, 0.1) is 0 Å². The van der Waals surface area contributed by atoms with Gasteiger partial charge in [-0.25, -0.2) is 0 Å². The van der Waals surface area contributed by atoms with E-state index in [1.807, 2.05) is 11.9 Å². The molecule has 2 rings (SSSR count). The highest BCUT2D eigenvalue weighted by molar-refractivity contribution is 6.23. The van der Waals surface area contributed by atoms with Crippen LogP contribution in [-0.2, 0) is 0 Å². The van der Waals surface area contributed by atoms with Crippen LogP contribution in [0.25, 0.3) is 5.70 Å². The number of hydrogen-bond acceptors (Lipinski definition) is 4. The lowest BCUT2D eigenvalue weighted by atomic mass is 10.0. The third-order valence-electron chi connectivity index (χ3n) is 3.06. The molecule has 0 radical (unpaired) electrons. The summed E-state index contributed by atoms with van der Waals surface area (Å²) in [5.74, 6) is 1.50. The van der Waals surface area contributed by atoms with E-state index in [-0.39, 0.29) is 16.8 Å². The van der Waals surface area contributed by atoms with Gasteiger partial charge in [0.1, 0.15) is 17.7 Å². The minimum absolute atomic E-state index is 0.00981. The molecule has 0 spiro atoms. The van der Waals surface area contributed by atoms with Gasteiger partial charge in [0.15, 0.2) is 18.0 Å². The van der Waals surface area contributed by atoms with Crippen molar-refractivity contribution in [2.24, 2.45) is 0 Å². The smallest absolute Gasteiger partial charge is 0.278 e.